The second-order valence-corrected chi connectivity index (χ2v) is 4.92. The first-order valence-corrected chi connectivity index (χ1v) is 7.09. The van der Waals surface area contributed by atoms with Gasteiger partial charge < -0.3 is 10.2 Å². The van der Waals surface area contributed by atoms with Gasteiger partial charge in [-0.25, -0.2) is 4.98 Å². The first-order valence-electron chi connectivity index (χ1n) is 7.09. The number of nitriles is 1. The minimum Gasteiger partial charge on any atom is -0.328 e. The van der Waals surface area contributed by atoms with Gasteiger partial charge in [0.25, 0.3) is 0 Å². The topological polar surface area (TPSA) is 52.0 Å². The molecule has 0 bridgehead atoms. The number of nitrogens with one attached hydrogen (secondary N) is 1. The first kappa shape index (κ1) is 15.0. The van der Waals surface area contributed by atoms with Gasteiger partial charge in [-0.1, -0.05) is 25.1 Å². The number of anilines is 2. The maximum Gasteiger partial charge on any atom is 0.132 e. The van der Waals surface area contributed by atoms with Crippen LogP contribution in [0.3, 0.4) is 0 Å². The summed E-state index contributed by atoms with van der Waals surface area (Å²) in [6.07, 6.45) is 1.88. The van der Waals surface area contributed by atoms with Crippen LogP contribution in [-0.2, 0) is 0 Å². The molecule has 0 radical (unpaired) electrons. The van der Waals surface area contributed by atoms with Crippen molar-refractivity contribution in [2.45, 2.75) is 19.9 Å². The van der Waals surface area contributed by atoms with Gasteiger partial charge in [0, 0.05) is 19.3 Å². The molecule has 0 aliphatic heterocycles. The third-order valence-corrected chi connectivity index (χ3v) is 3.51. The molecule has 0 amide bonds. The van der Waals surface area contributed by atoms with Crippen molar-refractivity contribution in [2.75, 3.05) is 18.5 Å². The molecule has 108 valence electrons. The Balaban J connectivity index is 2.24. The maximum absolute atomic E-state index is 9.18. The lowest BCUT2D eigenvalue weighted by Crippen LogP contribution is -2.18. The maximum atomic E-state index is 9.18. The predicted octanol–water partition coefficient (Wildman–Crippen LogP) is 3.39. The van der Waals surface area contributed by atoms with Crippen LogP contribution in [0.15, 0.2) is 42.6 Å². The highest BCUT2D eigenvalue weighted by Crippen LogP contribution is 2.25. The van der Waals surface area contributed by atoms with Gasteiger partial charge in [-0.05, 0) is 37.2 Å². The van der Waals surface area contributed by atoms with Crippen molar-refractivity contribution in [1.29, 1.82) is 5.26 Å². The summed E-state index contributed by atoms with van der Waals surface area (Å²) in [7, 11) is 1.92. The van der Waals surface area contributed by atoms with Crippen LogP contribution in [0.25, 0.3) is 0 Å². The molecule has 21 heavy (non-hydrogen) atoms. The third-order valence-electron chi connectivity index (χ3n) is 3.51. The van der Waals surface area contributed by atoms with Crippen molar-refractivity contribution in [3.8, 4) is 6.07 Å². The Labute approximate surface area is 126 Å². The van der Waals surface area contributed by atoms with Crippen molar-refractivity contribution < 1.29 is 0 Å². The molecule has 0 saturated heterocycles. The van der Waals surface area contributed by atoms with E-state index < -0.39 is 0 Å². The van der Waals surface area contributed by atoms with Crippen molar-refractivity contribution >= 4 is 11.5 Å². The van der Waals surface area contributed by atoms with Crippen LogP contribution in [0.1, 0.15) is 31.0 Å². The zero-order valence-electron chi connectivity index (χ0n) is 12.7. The number of aromatic nitrogens is 1. The fourth-order valence-electron chi connectivity index (χ4n) is 2.26. The van der Waals surface area contributed by atoms with Crippen LogP contribution in [0.2, 0.25) is 0 Å². The van der Waals surface area contributed by atoms with Crippen molar-refractivity contribution in [2.24, 2.45) is 0 Å². The van der Waals surface area contributed by atoms with E-state index in [1.807, 2.05) is 48.5 Å². The number of nitrogens with zero attached hydrogens (tertiary/aromatic N) is 3. The summed E-state index contributed by atoms with van der Waals surface area (Å²) >= 11 is 0. The van der Waals surface area contributed by atoms with Gasteiger partial charge in [-0.15, -0.1) is 0 Å². The zero-order chi connectivity index (χ0) is 15.2. The summed E-state index contributed by atoms with van der Waals surface area (Å²) < 4.78 is 0. The SMILES string of the molecule is CCNC(C)c1ccc(N(C)c2ccccc2C#N)nc1. The van der Waals surface area contributed by atoms with Gasteiger partial charge in [-0.2, -0.15) is 5.26 Å². The van der Waals surface area contributed by atoms with Crippen LogP contribution in [0.5, 0.6) is 0 Å². The minimum absolute atomic E-state index is 0.285. The van der Waals surface area contributed by atoms with Crippen LogP contribution >= 0.6 is 0 Å². The second kappa shape index (κ2) is 6.87. The van der Waals surface area contributed by atoms with Gasteiger partial charge in [0.05, 0.1) is 11.3 Å². The Bertz CT molecular complexity index is 628. The number of rotatable bonds is 5. The minimum atomic E-state index is 0.285. The van der Waals surface area contributed by atoms with E-state index in [1.54, 1.807) is 0 Å². The average Bonchev–Trinajstić information content (AvgIpc) is 2.54. The molecule has 4 heteroatoms. The molecule has 4 nitrogen and oxygen atoms in total. The van der Waals surface area contributed by atoms with Gasteiger partial charge in [-0.3, -0.25) is 0 Å². The highest BCUT2D eigenvalue weighted by Gasteiger charge is 2.10. The molecular weight excluding hydrogens is 260 g/mol. The van der Waals surface area contributed by atoms with E-state index in [4.69, 9.17) is 0 Å². The fraction of sp³-hybridized carbons (Fsp3) is 0.294. The molecule has 1 unspecified atom stereocenters. The fourth-order valence-corrected chi connectivity index (χ4v) is 2.26. The largest absolute Gasteiger partial charge is 0.328 e. The number of hydrogen-bond acceptors (Lipinski definition) is 4. The standard InChI is InChI=1S/C17H20N4/c1-4-19-13(2)15-9-10-17(20-12-15)21(3)16-8-6-5-7-14(16)11-18/h5-10,12-13,19H,4H2,1-3H3. The van der Waals surface area contributed by atoms with Crippen molar-refractivity contribution in [3.05, 3.63) is 53.7 Å². The number of para-hydroxylation sites is 1. The summed E-state index contributed by atoms with van der Waals surface area (Å²) in [5, 5.41) is 12.5. The molecule has 1 aromatic heterocycles. The Morgan fingerprint density at radius 2 is 2.05 bits per heavy atom. The monoisotopic (exact) mass is 280 g/mol. The first-order chi connectivity index (χ1) is 10.2. The smallest absolute Gasteiger partial charge is 0.132 e. The molecule has 1 aromatic carbocycles. The van der Waals surface area contributed by atoms with E-state index in [0.717, 1.165) is 23.6 Å². The predicted molar refractivity (Wildman–Crippen MR) is 85.5 cm³/mol. The van der Waals surface area contributed by atoms with E-state index in [9.17, 15) is 5.26 Å². The summed E-state index contributed by atoms with van der Waals surface area (Å²) in [6.45, 7) is 5.14. The Morgan fingerprint density at radius 1 is 1.29 bits per heavy atom. The highest BCUT2D eigenvalue weighted by molar-refractivity contribution is 5.66. The summed E-state index contributed by atoms with van der Waals surface area (Å²) in [4.78, 5) is 6.44. The molecule has 0 fully saturated rings. The molecule has 2 rings (SSSR count). The zero-order valence-corrected chi connectivity index (χ0v) is 12.7. The Morgan fingerprint density at radius 3 is 2.67 bits per heavy atom. The van der Waals surface area contributed by atoms with Crippen molar-refractivity contribution in [1.82, 2.24) is 10.3 Å². The lowest BCUT2D eigenvalue weighted by Gasteiger charge is -2.20. The lowest BCUT2D eigenvalue weighted by molar-refractivity contribution is 0.596. The quantitative estimate of drug-likeness (QED) is 0.912. The lowest BCUT2D eigenvalue weighted by atomic mass is 10.1. The number of hydrogen-bond donors (Lipinski definition) is 1. The van der Waals surface area contributed by atoms with Gasteiger partial charge >= 0.3 is 0 Å². The molecular formula is C17H20N4. The number of pyridine rings is 1. The molecule has 2 aromatic rings. The summed E-state index contributed by atoms with van der Waals surface area (Å²) in [5.41, 5.74) is 2.66. The molecule has 0 aliphatic rings. The van der Waals surface area contributed by atoms with E-state index in [-0.39, 0.29) is 6.04 Å². The summed E-state index contributed by atoms with van der Waals surface area (Å²) in [6, 6.07) is 14.1. The van der Waals surface area contributed by atoms with Gasteiger partial charge in [0.15, 0.2) is 0 Å². The molecule has 0 saturated carbocycles. The van der Waals surface area contributed by atoms with Gasteiger partial charge in [0.2, 0.25) is 0 Å². The Hall–Kier alpha value is -2.38. The number of benzene rings is 1. The van der Waals surface area contributed by atoms with Crippen LogP contribution in [-0.4, -0.2) is 18.6 Å². The van der Waals surface area contributed by atoms with Crippen molar-refractivity contribution in [3.63, 3.8) is 0 Å². The van der Waals surface area contributed by atoms with E-state index in [1.165, 1.54) is 0 Å². The Kier molecular flexibility index (Phi) is 4.91. The normalized spacial score (nSPS) is 11.7. The molecule has 1 N–H and O–H groups in total. The van der Waals surface area contributed by atoms with E-state index >= 15 is 0 Å². The molecule has 1 atom stereocenters. The van der Waals surface area contributed by atoms with Crippen LogP contribution < -0.4 is 10.2 Å². The van der Waals surface area contributed by atoms with E-state index in [0.29, 0.717) is 5.56 Å². The molecule has 0 aliphatic carbocycles. The third kappa shape index (κ3) is 3.39. The van der Waals surface area contributed by atoms with Crippen LogP contribution in [0.4, 0.5) is 11.5 Å². The second-order valence-electron chi connectivity index (χ2n) is 4.92. The molecule has 1 heterocycles. The summed E-state index contributed by atoms with van der Waals surface area (Å²) in [5.74, 6) is 0.824. The average molecular weight is 280 g/mol. The van der Waals surface area contributed by atoms with Gasteiger partial charge in [0.1, 0.15) is 11.9 Å². The highest BCUT2D eigenvalue weighted by atomic mass is 15.2. The molecule has 0 spiro atoms. The van der Waals surface area contributed by atoms with E-state index in [2.05, 4.69) is 36.3 Å². The van der Waals surface area contributed by atoms with Crippen LogP contribution in [0, 0.1) is 11.3 Å².